The maximum atomic E-state index is 13.0. The maximum absolute atomic E-state index is 13.0. The molecule has 1 unspecified atom stereocenters. The fourth-order valence-electron chi connectivity index (χ4n) is 4.32. The summed E-state index contributed by atoms with van der Waals surface area (Å²) in [6.45, 7) is 4.84. The van der Waals surface area contributed by atoms with E-state index in [1.54, 1.807) is 22.5 Å². The molecule has 1 atom stereocenters. The Morgan fingerprint density at radius 3 is 2.67 bits per heavy atom. The van der Waals surface area contributed by atoms with Crippen molar-refractivity contribution in [3.05, 3.63) is 30.3 Å². The number of esters is 1. The van der Waals surface area contributed by atoms with E-state index in [9.17, 15) is 13.2 Å². The average molecular weight is 432 g/mol. The molecule has 0 saturated carbocycles. The molecule has 2 saturated heterocycles. The van der Waals surface area contributed by atoms with Gasteiger partial charge >= 0.3 is 5.97 Å². The third-order valence-electron chi connectivity index (χ3n) is 5.96. The molecule has 0 amide bonds. The number of fused-ring (bicyclic) bond motifs is 1. The summed E-state index contributed by atoms with van der Waals surface area (Å²) in [5.74, 6) is 0.534. The van der Waals surface area contributed by atoms with Crippen molar-refractivity contribution >= 4 is 32.7 Å². The molecule has 7 nitrogen and oxygen atoms in total. The normalized spacial score (nSPS) is 21.0. The van der Waals surface area contributed by atoms with Gasteiger partial charge < -0.3 is 9.64 Å². The molecule has 2 fully saturated rings. The van der Waals surface area contributed by atoms with Crippen molar-refractivity contribution in [1.82, 2.24) is 9.29 Å². The second-order valence-corrected chi connectivity index (χ2v) is 9.96. The summed E-state index contributed by atoms with van der Waals surface area (Å²) in [4.78, 5) is 19.3. The first-order valence-electron chi connectivity index (χ1n) is 10.8. The molecule has 2 aliphatic rings. The Balaban J connectivity index is 1.55. The number of carbonyl (C=O) groups excluding carboxylic acids is 1. The fourth-order valence-corrected chi connectivity index (χ4v) is 5.87. The van der Waals surface area contributed by atoms with Crippen LogP contribution in [-0.4, -0.2) is 56.5 Å². The van der Waals surface area contributed by atoms with Crippen LogP contribution < -0.4 is 4.90 Å². The summed E-state index contributed by atoms with van der Waals surface area (Å²) in [7, 11) is -3.46. The van der Waals surface area contributed by atoms with Gasteiger partial charge in [0.1, 0.15) is 5.82 Å². The van der Waals surface area contributed by atoms with E-state index >= 15 is 0 Å². The van der Waals surface area contributed by atoms with Gasteiger partial charge in [0.2, 0.25) is 10.0 Å². The van der Waals surface area contributed by atoms with E-state index in [0.29, 0.717) is 31.1 Å². The number of carbonyl (C=O) groups is 1. The first kappa shape index (κ1) is 21.1. The van der Waals surface area contributed by atoms with Gasteiger partial charge in [-0.2, -0.15) is 4.31 Å². The molecule has 2 aromatic rings. The molecule has 0 bridgehead atoms. The lowest BCUT2D eigenvalue weighted by atomic mass is 9.98. The lowest BCUT2D eigenvalue weighted by Crippen LogP contribution is -2.39. The number of ether oxygens (including phenoxy) is 1. The van der Waals surface area contributed by atoms with Crippen LogP contribution >= 0.6 is 0 Å². The minimum Gasteiger partial charge on any atom is -0.466 e. The van der Waals surface area contributed by atoms with Crippen LogP contribution in [0.3, 0.4) is 0 Å². The molecule has 8 heteroatoms. The summed E-state index contributed by atoms with van der Waals surface area (Å²) in [6.07, 6.45) is 4.67. The molecule has 1 aromatic heterocycles. The Bertz CT molecular complexity index is 1020. The second-order valence-electron chi connectivity index (χ2n) is 8.03. The molecule has 3 heterocycles. The van der Waals surface area contributed by atoms with Crippen molar-refractivity contribution in [2.24, 2.45) is 5.92 Å². The van der Waals surface area contributed by atoms with Gasteiger partial charge in [0.15, 0.2) is 0 Å². The predicted octanol–water partition coefficient (Wildman–Crippen LogP) is 3.19. The minimum absolute atomic E-state index is 0.131. The lowest BCUT2D eigenvalue weighted by molar-refractivity contribution is -0.148. The van der Waals surface area contributed by atoms with E-state index in [-0.39, 0.29) is 11.9 Å². The van der Waals surface area contributed by atoms with Gasteiger partial charge in [-0.05, 0) is 62.9 Å². The van der Waals surface area contributed by atoms with Gasteiger partial charge in [0.05, 0.1) is 22.9 Å². The highest BCUT2D eigenvalue weighted by molar-refractivity contribution is 7.89. The number of piperidine rings is 2. The monoisotopic (exact) mass is 431 g/mol. The molecular formula is C22H29N3O4S. The van der Waals surface area contributed by atoms with Crippen molar-refractivity contribution in [3.8, 4) is 0 Å². The summed E-state index contributed by atoms with van der Waals surface area (Å²) >= 11 is 0. The zero-order valence-corrected chi connectivity index (χ0v) is 18.2. The lowest BCUT2D eigenvalue weighted by Gasteiger charge is -2.32. The van der Waals surface area contributed by atoms with E-state index in [1.807, 2.05) is 19.1 Å². The summed E-state index contributed by atoms with van der Waals surface area (Å²) in [6, 6.07) is 8.98. The van der Waals surface area contributed by atoms with Crippen molar-refractivity contribution in [2.45, 2.75) is 43.9 Å². The van der Waals surface area contributed by atoms with Gasteiger partial charge in [-0.25, -0.2) is 13.4 Å². The van der Waals surface area contributed by atoms with Gasteiger partial charge in [-0.15, -0.1) is 0 Å². The third kappa shape index (κ3) is 4.30. The molecule has 162 valence electrons. The number of aromatic nitrogens is 1. The average Bonchev–Trinajstić information content (AvgIpc) is 2.79. The summed E-state index contributed by atoms with van der Waals surface area (Å²) in [5, 5.41) is 0.802. The largest absolute Gasteiger partial charge is 0.466 e. The Morgan fingerprint density at radius 1 is 1.10 bits per heavy atom. The second kappa shape index (κ2) is 8.89. The van der Waals surface area contributed by atoms with Crippen LogP contribution in [0.1, 0.15) is 39.0 Å². The van der Waals surface area contributed by atoms with Crippen LogP contribution in [0.5, 0.6) is 0 Å². The van der Waals surface area contributed by atoms with Crippen molar-refractivity contribution in [1.29, 1.82) is 0 Å². The van der Waals surface area contributed by atoms with Crippen LogP contribution in [0.15, 0.2) is 35.2 Å². The van der Waals surface area contributed by atoms with Crippen molar-refractivity contribution < 1.29 is 17.9 Å². The highest BCUT2D eigenvalue weighted by Gasteiger charge is 2.28. The number of sulfonamides is 1. The predicted molar refractivity (Wildman–Crippen MR) is 116 cm³/mol. The minimum atomic E-state index is -3.46. The summed E-state index contributed by atoms with van der Waals surface area (Å²) in [5.41, 5.74) is 0.753. The highest BCUT2D eigenvalue weighted by Crippen LogP contribution is 2.27. The molecule has 0 spiro atoms. The number of nitrogens with zero attached hydrogens (tertiary/aromatic N) is 3. The van der Waals surface area contributed by atoms with E-state index < -0.39 is 10.0 Å². The fraction of sp³-hybridized carbons (Fsp3) is 0.545. The molecular weight excluding hydrogens is 402 g/mol. The quantitative estimate of drug-likeness (QED) is 0.677. The molecule has 0 radical (unpaired) electrons. The number of hydrogen-bond donors (Lipinski definition) is 0. The smallest absolute Gasteiger partial charge is 0.310 e. The molecule has 30 heavy (non-hydrogen) atoms. The van der Waals surface area contributed by atoms with Crippen LogP contribution in [0.2, 0.25) is 0 Å². The Morgan fingerprint density at radius 2 is 1.90 bits per heavy atom. The van der Waals surface area contributed by atoms with E-state index in [1.165, 1.54) is 0 Å². The summed E-state index contributed by atoms with van der Waals surface area (Å²) < 4.78 is 32.7. The SMILES string of the molecule is CCOC(=O)C1CCCN(c2ccc3cc(S(=O)(=O)N4CCCCC4)ccc3n2)C1. The Hall–Kier alpha value is -2.19. The zero-order valence-electron chi connectivity index (χ0n) is 17.4. The zero-order chi connectivity index (χ0) is 21.1. The molecule has 0 N–H and O–H groups in total. The van der Waals surface area contributed by atoms with Crippen molar-refractivity contribution in [2.75, 3.05) is 37.7 Å². The Kier molecular flexibility index (Phi) is 6.24. The van der Waals surface area contributed by atoms with Gasteiger partial charge in [0.25, 0.3) is 0 Å². The number of rotatable bonds is 5. The number of hydrogen-bond acceptors (Lipinski definition) is 6. The first-order chi connectivity index (χ1) is 14.5. The van der Waals surface area contributed by atoms with Crippen molar-refractivity contribution in [3.63, 3.8) is 0 Å². The maximum Gasteiger partial charge on any atom is 0.310 e. The number of anilines is 1. The highest BCUT2D eigenvalue weighted by atomic mass is 32.2. The number of benzene rings is 1. The first-order valence-corrected chi connectivity index (χ1v) is 12.3. The topological polar surface area (TPSA) is 79.8 Å². The molecule has 2 aliphatic heterocycles. The van der Waals surface area contributed by atoms with Gasteiger partial charge in [-0.1, -0.05) is 6.42 Å². The van der Waals surface area contributed by atoms with E-state index in [0.717, 1.165) is 55.4 Å². The third-order valence-corrected chi connectivity index (χ3v) is 7.86. The number of pyridine rings is 1. The van der Waals surface area contributed by atoms with Crippen LogP contribution in [0, 0.1) is 5.92 Å². The standard InChI is InChI=1S/C22H29N3O4S/c1-2-29-22(26)18-7-6-12-24(16-18)21-11-8-17-15-19(9-10-20(17)23-21)30(27,28)25-13-4-3-5-14-25/h8-11,15,18H,2-7,12-14,16H2,1H3. The molecule has 0 aliphatic carbocycles. The molecule has 1 aromatic carbocycles. The van der Waals surface area contributed by atoms with E-state index in [4.69, 9.17) is 9.72 Å². The van der Waals surface area contributed by atoms with Crippen LogP contribution in [0.25, 0.3) is 10.9 Å². The van der Waals surface area contributed by atoms with E-state index in [2.05, 4.69) is 4.90 Å². The Labute approximate surface area is 178 Å². The van der Waals surface area contributed by atoms with Crippen LogP contribution in [0.4, 0.5) is 5.82 Å². The van der Waals surface area contributed by atoms with Crippen LogP contribution in [-0.2, 0) is 19.6 Å². The van der Waals surface area contributed by atoms with Gasteiger partial charge in [0, 0.05) is 31.6 Å². The molecule has 4 rings (SSSR count). The van der Waals surface area contributed by atoms with Gasteiger partial charge in [-0.3, -0.25) is 4.79 Å².